The Kier molecular flexibility index (Phi) is 4.09. The minimum atomic E-state index is -0.701. The van der Waals surface area contributed by atoms with Crippen molar-refractivity contribution < 1.29 is 14.3 Å². The van der Waals surface area contributed by atoms with E-state index in [1.165, 1.54) is 7.11 Å². The fourth-order valence-electron chi connectivity index (χ4n) is 1.39. The molecule has 0 aliphatic rings. The monoisotopic (exact) mass is 236 g/mol. The van der Waals surface area contributed by atoms with Crippen LogP contribution in [0, 0.1) is 6.92 Å². The van der Waals surface area contributed by atoms with E-state index >= 15 is 0 Å². The summed E-state index contributed by atoms with van der Waals surface area (Å²) >= 11 is 0. The van der Waals surface area contributed by atoms with Gasteiger partial charge in [-0.25, -0.2) is 4.79 Å². The molecule has 0 aromatic heterocycles. The predicted octanol–water partition coefficient (Wildman–Crippen LogP) is 0.869. The number of aryl methyl sites for hydroxylation is 1. The van der Waals surface area contributed by atoms with Crippen LogP contribution in [0.1, 0.15) is 22.8 Å². The molecule has 0 radical (unpaired) electrons. The molecule has 0 heterocycles. The van der Waals surface area contributed by atoms with Gasteiger partial charge in [0.1, 0.15) is 6.04 Å². The Morgan fingerprint density at radius 1 is 1.41 bits per heavy atom. The molecule has 3 N–H and O–H groups in total. The number of carbonyl (C=O) groups excluding carboxylic acids is 2. The van der Waals surface area contributed by atoms with Gasteiger partial charge in [0.05, 0.1) is 12.7 Å². The number of benzene rings is 1. The lowest BCUT2D eigenvalue weighted by Gasteiger charge is -2.13. The van der Waals surface area contributed by atoms with E-state index in [1.807, 2.05) is 13.0 Å². The van der Waals surface area contributed by atoms with Gasteiger partial charge in [0.25, 0.3) is 5.91 Å². The zero-order chi connectivity index (χ0) is 13.0. The highest BCUT2D eigenvalue weighted by atomic mass is 16.5. The molecule has 0 aliphatic carbocycles. The molecular formula is C12H16N2O3. The van der Waals surface area contributed by atoms with E-state index in [2.05, 4.69) is 10.1 Å². The molecule has 1 atom stereocenters. The quantitative estimate of drug-likeness (QED) is 0.602. The maximum absolute atomic E-state index is 11.8. The first kappa shape index (κ1) is 13.0. The zero-order valence-corrected chi connectivity index (χ0v) is 10.1. The maximum Gasteiger partial charge on any atom is 0.328 e. The molecule has 0 saturated heterocycles. The van der Waals surface area contributed by atoms with Gasteiger partial charge < -0.3 is 15.8 Å². The van der Waals surface area contributed by atoms with Crippen molar-refractivity contribution in [3.8, 4) is 0 Å². The Hall–Kier alpha value is -2.04. The van der Waals surface area contributed by atoms with Crippen LogP contribution in [-0.2, 0) is 9.53 Å². The van der Waals surface area contributed by atoms with Crippen LogP contribution in [0.2, 0.25) is 0 Å². The molecule has 0 aliphatic heterocycles. The number of nitrogens with two attached hydrogens (primary N) is 1. The van der Waals surface area contributed by atoms with Crippen LogP contribution in [0.5, 0.6) is 0 Å². The van der Waals surface area contributed by atoms with Gasteiger partial charge in [0.15, 0.2) is 0 Å². The minimum absolute atomic E-state index is 0.362. The van der Waals surface area contributed by atoms with Crippen LogP contribution in [0.3, 0.4) is 0 Å². The smallest absolute Gasteiger partial charge is 0.328 e. The van der Waals surface area contributed by atoms with Crippen LogP contribution in [0.25, 0.3) is 0 Å². The van der Waals surface area contributed by atoms with Crippen molar-refractivity contribution in [2.45, 2.75) is 19.9 Å². The molecule has 1 unspecified atom stereocenters. The average molecular weight is 236 g/mol. The van der Waals surface area contributed by atoms with Gasteiger partial charge in [-0.1, -0.05) is 12.1 Å². The third kappa shape index (κ3) is 2.96. The molecule has 0 bridgehead atoms. The summed E-state index contributed by atoms with van der Waals surface area (Å²) in [7, 11) is 1.27. The number of anilines is 1. The molecule has 92 valence electrons. The van der Waals surface area contributed by atoms with E-state index in [0.717, 1.165) is 5.56 Å². The number of amides is 1. The van der Waals surface area contributed by atoms with Crippen molar-refractivity contribution in [1.29, 1.82) is 0 Å². The standard InChI is InChI=1S/C12H16N2O3/c1-7-5-4-6-9(10(7)13)11(15)14-8(2)12(16)17-3/h4-6,8H,13H2,1-3H3,(H,14,15). The Bertz CT molecular complexity index is 443. The summed E-state index contributed by atoms with van der Waals surface area (Å²) in [6.45, 7) is 3.37. The highest BCUT2D eigenvalue weighted by molar-refractivity contribution is 6.01. The third-order valence-corrected chi connectivity index (χ3v) is 2.47. The lowest BCUT2D eigenvalue weighted by molar-refractivity contribution is -0.142. The second kappa shape index (κ2) is 5.34. The van der Waals surface area contributed by atoms with E-state index in [4.69, 9.17) is 5.73 Å². The van der Waals surface area contributed by atoms with Gasteiger partial charge >= 0.3 is 5.97 Å². The number of carbonyl (C=O) groups is 2. The zero-order valence-electron chi connectivity index (χ0n) is 10.1. The fourth-order valence-corrected chi connectivity index (χ4v) is 1.39. The second-order valence-corrected chi connectivity index (χ2v) is 3.75. The maximum atomic E-state index is 11.8. The molecule has 5 heteroatoms. The summed E-state index contributed by atoms with van der Waals surface area (Å²) in [4.78, 5) is 23.0. The molecule has 0 saturated carbocycles. The van der Waals surface area contributed by atoms with Gasteiger partial charge in [0, 0.05) is 5.69 Å². The number of rotatable bonds is 3. The molecule has 0 spiro atoms. The van der Waals surface area contributed by atoms with Crippen molar-refractivity contribution in [2.24, 2.45) is 0 Å². The van der Waals surface area contributed by atoms with Gasteiger partial charge in [-0.15, -0.1) is 0 Å². The summed E-state index contributed by atoms with van der Waals surface area (Å²) in [6.07, 6.45) is 0. The van der Waals surface area contributed by atoms with Gasteiger partial charge in [0.2, 0.25) is 0 Å². The first-order valence-electron chi connectivity index (χ1n) is 5.21. The Balaban J connectivity index is 2.84. The summed E-state index contributed by atoms with van der Waals surface area (Å²) in [5, 5.41) is 2.52. The van der Waals surface area contributed by atoms with Crippen LogP contribution in [-0.4, -0.2) is 25.0 Å². The highest BCUT2D eigenvalue weighted by Crippen LogP contribution is 2.16. The topological polar surface area (TPSA) is 81.4 Å². The number of nitrogen functional groups attached to an aromatic ring is 1. The molecular weight excluding hydrogens is 220 g/mol. The van der Waals surface area contributed by atoms with E-state index < -0.39 is 12.0 Å². The molecule has 0 fully saturated rings. The van der Waals surface area contributed by atoms with E-state index in [1.54, 1.807) is 19.1 Å². The second-order valence-electron chi connectivity index (χ2n) is 3.75. The number of hydrogen-bond acceptors (Lipinski definition) is 4. The Labute approximate surface area is 99.9 Å². The van der Waals surface area contributed by atoms with Gasteiger partial charge in [-0.05, 0) is 25.5 Å². The number of nitrogens with one attached hydrogen (secondary N) is 1. The van der Waals surface area contributed by atoms with E-state index in [-0.39, 0.29) is 5.91 Å². The first-order valence-corrected chi connectivity index (χ1v) is 5.21. The lowest BCUT2D eigenvalue weighted by atomic mass is 10.1. The number of methoxy groups -OCH3 is 1. The highest BCUT2D eigenvalue weighted by Gasteiger charge is 2.18. The third-order valence-electron chi connectivity index (χ3n) is 2.47. The first-order chi connectivity index (χ1) is 7.97. The number of hydrogen-bond donors (Lipinski definition) is 2. The Morgan fingerprint density at radius 2 is 2.06 bits per heavy atom. The number of ether oxygens (including phenoxy) is 1. The molecule has 1 aromatic carbocycles. The molecule has 1 rings (SSSR count). The van der Waals surface area contributed by atoms with Crippen LogP contribution < -0.4 is 11.1 Å². The van der Waals surface area contributed by atoms with Crippen molar-refractivity contribution in [2.75, 3.05) is 12.8 Å². The lowest BCUT2D eigenvalue weighted by Crippen LogP contribution is -2.39. The van der Waals surface area contributed by atoms with Crippen molar-refractivity contribution in [3.63, 3.8) is 0 Å². The van der Waals surface area contributed by atoms with Crippen LogP contribution in [0.4, 0.5) is 5.69 Å². The van der Waals surface area contributed by atoms with Crippen LogP contribution >= 0.6 is 0 Å². The summed E-state index contributed by atoms with van der Waals surface area (Å²) in [5.41, 5.74) is 7.39. The minimum Gasteiger partial charge on any atom is -0.467 e. The predicted molar refractivity (Wildman–Crippen MR) is 64.5 cm³/mol. The average Bonchev–Trinajstić information content (AvgIpc) is 2.31. The van der Waals surface area contributed by atoms with Crippen molar-refractivity contribution in [3.05, 3.63) is 29.3 Å². The van der Waals surface area contributed by atoms with Crippen molar-refractivity contribution >= 4 is 17.6 Å². The fraction of sp³-hybridized carbons (Fsp3) is 0.333. The molecule has 5 nitrogen and oxygen atoms in total. The number of esters is 1. The van der Waals surface area contributed by atoms with Gasteiger partial charge in [-0.2, -0.15) is 0 Å². The normalized spacial score (nSPS) is 11.7. The SMILES string of the molecule is COC(=O)C(C)NC(=O)c1cccc(C)c1N. The molecule has 1 aromatic rings. The van der Waals surface area contributed by atoms with Crippen molar-refractivity contribution in [1.82, 2.24) is 5.32 Å². The molecule has 1 amide bonds. The number of para-hydroxylation sites is 1. The molecule has 17 heavy (non-hydrogen) atoms. The van der Waals surface area contributed by atoms with Crippen LogP contribution in [0.15, 0.2) is 18.2 Å². The Morgan fingerprint density at radius 3 is 2.65 bits per heavy atom. The van der Waals surface area contributed by atoms with E-state index in [0.29, 0.717) is 11.3 Å². The largest absolute Gasteiger partial charge is 0.467 e. The van der Waals surface area contributed by atoms with E-state index in [9.17, 15) is 9.59 Å². The summed E-state index contributed by atoms with van der Waals surface area (Å²) < 4.78 is 4.52. The van der Waals surface area contributed by atoms with Gasteiger partial charge in [-0.3, -0.25) is 4.79 Å². The summed E-state index contributed by atoms with van der Waals surface area (Å²) in [5.74, 6) is -0.881. The summed E-state index contributed by atoms with van der Waals surface area (Å²) in [6, 6.07) is 4.47.